The molecule has 2 aromatic rings. The SMILES string of the molecule is C=CCCN1CC(n2cnc3ccccc32)C1. The standard InChI is InChI=1S/C14H17N3/c1-2-3-8-16-9-12(10-16)17-11-15-13-6-4-5-7-14(13)17/h2,4-7,11-12H,1,3,8-10H2. The fraction of sp³-hybridized carbons (Fsp3) is 0.357. The number of nitrogens with zero attached hydrogens (tertiary/aromatic N) is 3. The van der Waals surface area contributed by atoms with Crippen molar-refractivity contribution in [2.75, 3.05) is 19.6 Å². The molecule has 1 aliphatic rings. The molecular formula is C14H17N3. The number of likely N-dealkylation sites (tertiary alicyclic amines) is 1. The van der Waals surface area contributed by atoms with E-state index in [9.17, 15) is 0 Å². The van der Waals surface area contributed by atoms with Crippen LogP contribution in [0.1, 0.15) is 12.5 Å². The number of fused-ring (bicyclic) bond motifs is 1. The van der Waals surface area contributed by atoms with E-state index in [2.05, 4.69) is 39.2 Å². The van der Waals surface area contributed by atoms with Crippen molar-refractivity contribution in [3.8, 4) is 0 Å². The highest BCUT2D eigenvalue weighted by Crippen LogP contribution is 2.25. The van der Waals surface area contributed by atoms with E-state index in [1.54, 1.807) is 0 Å². The maximum atomic E-state index is 4.44. The zero-order chi connectivity index (χ0) is 11.7. The Kier molecular flexibility index (Phi) is 2.69. The van der Waals surface area contributed by atoms with Gasteiger partial charge in [-0.2, -0.15) is 0 Å². The Morgan fingerprint density at radius 3 is 3.00 bits per heavy atom. The molecule has 0 N–H and O–H groups in total. The average molecular weight is 227 g/mol. The molecule has 17 heavy (non-hydrogen) atoms. The van der Waals surface area contributed by atoms with Crippen molar-refractivity contribution in [1.82, 2.24) is 14.5 Å². The average Bonchev–Trinajstić information content (AvgIpc) is 2.71. The molecule has 0 spiro atoms. The summed E-state index contributed by atoms with van der Waals surface area (Å²) in [5, 5.41) is 0. The number of hydrogen-bond acceptors (Lipinski definition) is 2. The van der Waals surface area contributed by atoms with E-state index in [0.29, 0.717) is 6.04 Å². The quantitative estimate of drug-likeness (QED) is 0.748. The second-order valence-electron chi connectivity index (χ2n) is 4.63. The predicted molar refractivity (Wildman–Crippen MR) is 70.0 cm³/mol. The Hall–Kier alpha value is -1.61. The van der Waals surface area contributed by atoms with Crippen LogP contribution in [-0.2, 0) is 0 Å². The van der Waals surface area contributed by atoms with Gasteiger partial charge < -0.3 is 4.57 Å². The fourth-order valence-electron chi connectivity index (χ4n) is 2.44. The molecule has 1 fully saturated rings. The zero-order valence-corrected chi connectivity index (χ0v) is 9.92. The fourth-order valence-corrected chi connectivity index (χ4v) is 2.44. The van der Waals surface area contributed by atoms with E-state index in [-0.39, 0.29) is 0 Å². The number of rotatable bonds is 4. The van der Waals surface area contributed by atoms with E-state index in [1.807, 2.05) is 18.5 Å². The highest BCUT2D eigenvalue weighted by Gasteiger charge is 2.27. The van der Waals surface area contributed by atoms with Crippen molar-refractivity contribution in [2.45, 2.75) is 12.5 Å². The van der Waals surface area contributed by atoms with E-state index in [0.717, 1.165) is 31.6 Å². The number of para-hydroxylation sites is 2. The Balaban J connectivity index is 1.72. The monoisotopic (exact) mass is 227 g/mol. The predicted octanol–water partition coefficient (Wildman–Crippen LogP) is 2.47. The van der Waals surface area contributed by atoms with Crippen molar-refractivity contribution in [2.24, 2.45) is 0 Å². The lowest BCUT2D eigenvalue weighted by Crippen LogP contribution is -2.47. The van der Waals surface area contributed by atoms with Crippen LogP contribution in [0.3, 0.4) is 0 Å². The molecule has 0 unspecified atom stereocenters. The smallest absolute Gasteiger partial charge is 0.0961 e. The maximum Gasteiger partial charge on any atom is 0.0961 e. The lowest BCUT2D eigenvalue weighted by Gasteiger charge is -2.40. The number of benzene rings is 1. The molecule has 3 nitrogen and oxygen atoms in total. The minimum Gasteiger partial charge on any atom is -0.325 e. The molecule has 0 bridgehead atoms. The molecule has 0 saturated carbocycles. The molecule has 0 radical (unpaired) electrons. The largest absolute Gasteiger partial charge is 0.325 e. The second-order valence-corrected chi connectivity index (χ2v) is 4.63. The summed E-state index contributed by atoms with van der Waals surface area (Å²) in [4.78, 5) is 6.90. The third-order valence-corrected chi connectivity index (χ3v) is 3.46. The third kappa shape index (κ3) is 1.87. The summed E-state index contributed by atoms with van der Waals surface area (Å²) in [6.45, 7) is 7.16. The van der Waals surface area contributed by atoms with Gasteiger partial charge in [0.2, 0.25) is 0 Å². The highest BCUT2D eigenvalue weighted by molar-refractivity contribution is 5.75. The lowest BCUT2D eigenvalue weighted by molar-refractivity contribution is 0.112. The molecular weight excluding hydrogens is 210 g/mol. The van der Waals surface area contributed by atoms with Gasteiger partial charge in [-0.15, -0.1) is 6.58 Å². The van der Waals surface area contributed by atoms with Crippen LogP contribution in [0, 0.1) is 0 Å². The molecule has 3 rings (SSSR count). The molecule has 1 saturated heterocycles. The molecule has 0 atom stereocenters. The summed E-state index contributed by atoms with van der Waals surface area (Å²) in [6.07, 6.45) is 5.04. The topological polar surface area (TPSA) is 21.1 Å². The minimum atomic E-state index is 0.590. The van der Waals surface area contributed by atoms with Crippen LogP contribution in [0.2, 0.25) is 0 Å². The first-order valence-electron chi connectivity index (χ1n) is 6.13. The Bertz CT molecular complexity index is 523. The summed E-state index contributed by atoms with van der Waals surface area (Å²) < 4.78 is 2.31. The number of hydrogen-bond donors (Lipinski definition) is 0. The van der Waals surface area contributed by atoms with Gasteiger partial charge in [0.05, 0.1) is 23.4 Å². The first-order valence-corrected chi connectivity index (χ1v) is 6.13. The highest BCUT2D eigenvalue weighted by atomic mass is 15.3. The Morgan fingerprint density at radius 2 is 2.18 bits per heavy atom. The summed E-state index contributed by atoms with van der Waals surface area (Å²) in [7, 11) is 0. The van der Waals surface area contributed by atoms with Crippen LogP contribution < -0.4 is 0 Å². The minimum absolute atomic E-state index is 0.590. The van der Waals surface area contributed by atoms with Gasteiger partial charge in [-0.3, -0.25) is 4.90 Å². The van der Waals surface area contributed by atoms with Crippen molar-refractivity contribution in [3.05, 3.63) is 43.2 Å². The van der Waals surface area contributed by atoms with E-state index in [4.69, 9.17) is 0 Å². The lowest BCUT2D eigenvalue weighted by atomic mass is 10.1. The van der Waals surface area contributed by atoms with Crippen LogP contribution >= 0.6 is 0 Å². The zero-order valence-electron chi connectivity index (χ0n) is 9.92. The van der Waals surface area contributed by atoms with Crippen molar-refractivity contribution < 1.29 is 0 Å². The molecule has 88 valence electrons. The van der Waals surface area contributed by atoms with Crippen LogP contribution in [0.5, 0.6) is 0 Å². The molecule has 1 aromatic carbocycles. The second kappa shape index (κ2) is 4.34. The summed E-state index contributed by atoms with van der Waals surface area (Å²) in [6, 6.07) is 8.92. The molecule has 0 aliphatic carbocycles. The molecule has 1 aliphatic heterocycles. The third-order valence-electron chi connectivity index (χ3n) is 3.46. The first-order chi connectivity index (χ1) is 8.38. The summed E-state index contributed by atoms with van der Waals surface area (Å²) in [5.41, 5.74) is 2.35. The van der Waals surface area contributed by atoms with Crippen LogP contribution in [0.4, 0.5) is 0 Å². The molecule has 2 heterocycles. The van der Waals surface area contributed by atoms with Gasteiger partial charge in [0, 0.05) is 19.6 Å². The van der Waals surface area contributed by atoms with Gasteiger partial charge in [-0.25, -0.2) is 4.98 Å². The first kappa shape index (κ1) is 10.5. The summed E-state index contributed by atoms with van der Waals surface area (Å²) in [5.74, 6) is 0. The maximum absolute atomic E-state index is 4.44. The van der Waals surface area contributed by atoms with Crippen molar-refractivity contribution in [1.29, 1.82) is 0 Å². The van der Waals surface area contributed by atoms with Gasteiger partial charge in [0.15, 0.2) is 0 Å². The van der Waals surface area contributed by atoms with Gasteiger partial charge in [-0.05, 0) is 18.6 Å². The summed E-state index contributed by atoms with van der Waals surface area (Å²) >= 11 is 0. The van der Waals surface area contributed by atoms with Gasteiger partial charge >= 0.3 is 0 Å². The van der Waals surface area contributed by atoms with E-state index in [1.165, 1.54) is 5.52 Å². The molecule has 1 aromatic heterocycles. The number of imidazole rings is 1. The van der Waals surface area contributed by atoms with Gasteiger partial charge in [0.25, 0.3) is 0 Å². The Morgan fingerprint density at radius 1 is 1.35 bits per heavy atom. The van der Waals surface area contributed by atoms with Crippen LogP contribution in [0.15, 0.2) is 43.2 Å². The Labute approximate surface area is 101 Å². The molecule has 0 amide bonds. The van der Waals surface area contributed by atoms with Gasteiger partial charge in [0.1, 0.15) is 0 Å². The van der Waals surface area contributed by atoms with E-state index < -0.39 is 0 Å². The van der Waals surface area contributed by atoms with Crippen LogP contribution in [-0.4, -0.2) is 34.1 Å². The van der Waals surface area contributed by atoms with Crippen molar-refractivity contribution in [3.63, 3.8) is 0 Å². The van der Waals surface area contributed by atoms with E-state index >= 15 is 0 Å². The normalized spacial score (nSPS) is 17.2. The van der Waals surface area contributed by atoms with Crippen molar-refractivity contribution >= 4 is 11.0 Å². The van der Waals surface area contributed by atoms with Gasteiger partial charge in [-0.1, -0.05) is 18.2 Å². The van der Waals surface area contributed by atoms with Crippen LogP contribution in [0.25, 0.3) is 11.0 Å². The molecule has 3 heteroatoms. The number of aromatic nitrogens is 2.